The Morgan fingerprint density at radius 3 is 2.78 bits per heavy atom. The molecule has 2 heteroatoms. The van der Waals surface area contributed by atoms with E-state index < -0.39 is 0 Å². The lowest BCUT2D eigenvalue weighted by Crippen LogP contribution is -1.92. The zero-order valence-electron chi connectivity index (χ0n) is 6.23. The van der Waals surface area contributed by atoms with E-state index in [-0.39, 0.29) is 20.7 Å². The fourth-order valence-corrected chi connectivity index (χ4v) is 2.03. The third-order valence-electron chi connectivity index (χ3n) is 1.39. The molecule has 0 unspecified atom stereocenters. The van der Waals surface area contributed by atoms with Crippen molar-refractivity contribution >= 4 is 24.7 Å². The van der Waals surface area contributed by atoms with Gasteiger partial charge in [0.2, 0.25) is 0 Å². The quantitative estimate of drug-likeness (QED) is 0.455. The second-order valence-corrected chi connectivity index (χ2v) is 4.85. The molecule has 0 heterocycles. The van der Waals surface area contributed by atoms with E-state index in [1.165, 1.54) is 12.8 Å². The first-order valence-electron chi connectivity index (χ1n) is 3.40. The Bertz CT molecular complexity index is 81.0. The predicted octanol–water partition coefficient (Wildman–Crippen LogP) is 2.11. The molecule has 1 nitrogen and oxygen atoms in total. The molecule has 2 N–H and O–H groups in total. The second-order valence-electron chi connectivity index (χ2n) is 2.21. The minimum Gasteiger partial charge on any atom is -0.322 e. The molecule has 56 valence electrons. The number of rotatable bonds is 4. The third-order valence-corrected chi connectivity index (χ3v) is 3.03. The maximum absolute atomic E-state index is 5.37. The summed E-state index contributed by atoms with van der Waals surface area (Å²) >= 11 is 0.241. The third kappa shape index (κ3) is 6.45. The van der Waals surface area contributed by atoms with Gasteiger partial charge in [-0.25, -0.2) is 0 Å². The van der Waals surface area contributed by atoms with Gasteiger partial charge in [-0.1, -0.05) is 24.3 Å². The van der Waals surface area contributed by atoms with Crippen LogP contribution in [-0.4, -0.2) is 8.56 Å². The zero-order chi connectivity index (χ0) is 7.11. The van der Waals surface area contributed by atoms with Gasteiger partial charge < -0.3 is 5.73 Å². The van der Waals surface area contributed by atoms with Crippen LogP contribution in [0, 0.1) is 5.92 Å². The van der Waals surface area contributed by atoms with E-state index in [1.807, 2.05) is 0 Å². The number of hydrogen-bond donors (Lipinski definition) is 1. The zero-order valence-corrected chi connectivity index (χ0v) is 8.39. The van der Waals surface area contributed by atoms with Crippen LogP contribution in [0.25, 0.3) is 0 Å². The van der Waals surface area contributed by atoms with Crippen molar-refractivity contribution in [2.45, 2.75) is 26.7 Å². The molecule has 1 atom stereocenters. The Hall–Kier alpha value is 0.560. The van der Waals surface area contributed by atoms with Crippen molar-refractivity contribution in [3.8, 4) is 0 Å². The highest BCUT2D eigenvalue weighted by atomic mass is 127. The van der Waals surface area contributed by atoms with Crippen molar-refractivity contribution in [1.82, 2.24) is 0 Å². The molecule has 0 aliphatic heterocycles. The number of alkyl halides is 1. The van der Waals surface area contributed by atoms with Gasteiger partial charge in [-0.05, 0) is 12.3 Å². The van der Waals surface area contributed by atoms with E-state index in [2.05, 4.69) is 17.9 Å². The van der Waals surface area contributed by atoms with Gasteiger partial charge in [0.25, 0.3) is 0 Å². The monoisotopic (exact) mass is 241 g/mol. The van der Waals surface area contributed by atoms with E-state index in [1.54, 1.807) is 0 Å². The molecule has 0 rings (SSSR count). The van der Waals surface area contributed by atoms with Crippen LogP contribution in [0.2, 0.25) is 0 Å². The van der Waals surface area contributed by atoms with Crippen LogP contribution in [0.1, 0.15) is 26.7 Å². The molecule has 0 saturated heterocycles. The Morgan fingerprint density at radius 1 is 1.67 bits per heavy atom. The molecular formula is C7H16IN. The van der Waals surface area contributed by atoms with Crippen molar-refractivity contribution in [3.05, 3.63) is 0 Å². The summed E-state index contributed by atoms with van der Waals surface area (Å²) in [6.07, 6.45) is 2.58. The Labute approximate surface area is 67.8 Å². The van der Waals surface area contributed by atoms with Gasteiger partial charge in [-0.2, -0.15) is 0 Å². The fourth-order valence-electron chi connectivity index (χ4n) is 0.445. The van der Waals surface area contributed by atoms with Gasteiger partial charge in [0.15, 0.2) is 0 Å². The summed E-state index contributed by atoms with van der Waals surface area (Å²) in [6.45, 7) is 4.52. The predicted molar refractivity (Wildman–Crippen MR) is 53.2 cm³/mol. The van der Waals surface area contributed by atoms with Gasteiger partial charge in [0, 0.05) is 4.55 Å². The normalized spacial score (nSPS) is 15.4. The summed E-state index contributed by atoms with van der Waals surface area (Å²) in [4.78, 5) is 0. The van der Waals surface area contributed by atoms with Crippen LogP contribution in [0.5, 0.6) is 0 Å². The fraction of sp³-hybridized carbons (Fsp3) is 0.857. The SMILES string of the molecule is CC[C@@H](C)CC=ICN. The van der Waals surface area contributed by atoms with E-state index in [9.17, 15) is 0 Å². The molecule has 0 amide bonds. The van der Waals surface area contributed by atoms with Gasteiger partial charge in [0.1, 0.15) is 0 Å². The van der Waals surface area contributed by atoms with E-state index in [0.717, 1.165) is 10.5 Å². The van der Waals surface area contributed by atoms with Crippen LogP contribution >= 0.6 is 20.7 Å². The molecule has 0 aromatic carbocycles. The molecule has 0 fully saturated rings. The average Bonchev–Trinajstić information content (AvgIpc) is 1.89. The molecule has 0 aliphatic rings. The molecule has 0 aromatic rings. The van der Waals surface area contributed by atoms with E-state index >= 15 is 0 Å². The number of nitrogens with two attached hydrogens (primary N) is 1. The summed E-state index contributed by atoms with van der Waals surface area (Å²) in [6, 6.07) is 0. The van der Waals surface area contributed by atoms with Crippen molar-refractivity contribution in [2.24, 2.45) is 11.7 Å². The first kappa shape index (κ1) is 9.56. The molecule has 0 spiro atoms. The van der Waals surface area contributed by atoms with Crippen LogP contribution in [0.4, 0.5) is 0 Å². The van der Waals surface area contributed by atoms with Crippen molar-refractivity contribution in [1.29, 1.82) is 0 Å². The minimum absolute atomic E-state index is 0.241. The van der Waals surface area contributed by atoms with Crippen LogP contribution in [-0.2, 0) is 0 Å². The van der Waals surface area contributed by atoms with Crippen LogP contribution < -0.4 is 5.73 Å². The molecule has 0 saturated carbocycles. The Kier molecular flexibility index (Phi) is 7.09. The maximum atomic E-state index is 5.37. The van der Waals surface area contributed by atoms with Crippen molar-refractivity contribution in [3.63, 3.8) is 0 Å². The lowest BCUT2D eigenvalue weighted by Gasteiger charge is -2.00. The van der Waals surface area contributed by atoms with Gasteiger partial charge in [-0.15, -0.1) is 20.7 Å². The lowest BCUT2D eigenvalue weighted by atomic mass is 10.1. The maximum Gasteiger partial charge on any atom is 0.0403 e. The first-order valence-corrected chi connectivity index (χ1v) is 6.17. The summed E-state index contributed by atoms with van der Waals surface area (Å²) < 4.78 is 3.31. The van der Waals surface area contributed by atoms with Gasteiger partial charge in [-0.3, -0.25) is 0 Å². The highest BCUT2D eigenvalue weighted by Crippen LogP contribution is 2.05. The molecule has 0 aromatic heterocycles. The topological polar surface area (TPSA) is 26.0 Å². The highest BCUT2D eigenvalue weighted by molar-refractivity contribution is 14.2. The molecule has 0 radical (unpaired) electrons. The average molecular weight is 241 g/mol. The summed E-state index contributed by atoms with van der Waals surface area (Å²) in [7, 11) is 0. The Balaban J connectivity index is 3.15. The van der Waals surface area contributed by atoms with Crippen LogP contribution in [0.15, 0.2) is 0 Å². The number of hydrogen-bond acceptors (Lipinski definition) is 1. The lowest BCUT2D eigenvalue weighted by molar-refractivity contribution is 0.594. The Morgan fingerprint density at radius 2 is 2.33 bits per heavy atom. The smallest absolute Gasteiger partial charge is 0.0403 e. The minimum atomic E-state index is 0.241. The summed E-state index contributed by atoms with van der Waals surface area (Å²) in [5.41, 5.74) is 5.37. The second kappa shape index (κ2) is 6.68. The van der Waals surface area contributed by atoms with Gasteiger partial charge >= 0.3 is 0 Å². The summed E-state index contributed by atoms with van der Waals surface area (Å²) in [5, 5.41) is 0. The molecular weight excluding hydrogens is 225 g/mol. The highest BCUT2D eigenvalue weighted by Gasteiger charge is 1.92. The van der Waals surface area contributed by atoms with E-state index in [4.69, 9.17) is 5.73 Å². The van der Waals surface area contributed by atoms with Crippen molar-refractivity contribution < 1.29 is 0 Å². The molecule has 0 bridgehead atoms. The first-order chi connectivity index (χ1) is 4.31. The van der Waals surface area contributed by atoms with E-state index in [0.29, 0.717) is 0 Å². The standard InChI is InChI=1S/C7H16IN/c1-3-7(2)4-5-8-6-9/h5,7H,3-4,6,9H2,1-2H3/t7-/m1/s1. The number of halogens is 1. The summed E-state index contributed by atoms with van der Waals surface area (Å²) in [5.74, 6) is 0.872. The van der Waals surface area contributed by atoms with Crippen LogP contribution in [0.3, 0.4) is 0 Å². The van der Waals surface area contributed by atoms with Gasteiger partial charge in [0.05, 0.1) is 0 Å². The molecule has 0 aliphatic carbocycles. The largest absolute Gasteiger partial charge is 0.322 e. The van der Waals surface area contributed by atoms with Crippen molar-refractivity contribution in [2.75, 3.05) is 4.55 Å². The molecule has 9 heavy (non-hydrogen) atoms.